The van der Waals surface area contributed by atoms with E-state index in [1.165, 1.54) is 12.1 Å². The molecule has 9 nitrogen and oxygen atoms in total. The Hall–Kier alpha value is -4.75. The van der Waals surface area contributed by atoms with Crippen LogP contribution in [0.3, 0.4) is 0 Å². The maximum atomic E-state index is 14.6. The normalized spacial score (nSPS) is 16.5. The standard InChI is InChI=1S/C29H25FN6O3/c30-24-12-19(3-4-20(24)15-31)26-14-25(29(37)35-9-1-2-22(32)17-35)34-36(26)23-7-5-18(6-8-23)21-13-27-28(33-16-21)39-11-10-38-27/h3-8,12-14,16,22H,1-2,9-11,17,32H2/t22-/m1/s1. The molecule has 0 unspecified atom stereocenters. The molecule has 1 saturated heterocycles. The largest absolute Gasteiger partial charge is 0.484 e. The number of hydrogen-bond acceptors (Lipinski definition) is 7. The molecular formula is C29H25FN6O3. The number of rotatable bonds is 4. The number of nitrogens with two attached hydrogens (primary N) is 1. The highest BCUT2D eigenvalue weighted by Gasteiger charge is 2.26. The van der Waals surface area contributed by atoms with Crippen LogP contribution in [0.15, 0.2) is 60.8 Å². The molecule has 1 atom stereocenters. The Morgan fingerprint density at radius 3 is 2.62 bits per heavy atom. The van der Waals surface area contributed by atoms with Crippen LogP contribution in [0.4, 0.5) is 4.39 Å². The lowest BCUT2D eigenvalue weighted by atomic mass is 10.1. The van der Waals surface area contributed by atoms with E-state index in [9.17, 15) is 9.18 Å². The van der Waals surface area contributed by atoms with Gasteiger partial charge < -0.3 is 20.1 Å². The molecule has 4 aromatic rings. The number of carbonyl (C=O) groups excluding carboxylic acids is 1. The van der Waals surface area contributed by atoms with Crippen LogP contribution >= 0.6 is 0 Å². The van der Waals surface area contributed by atoms with Crippen molar-refractivity contribution in [1.29, 1.82) is 5.26 Å². The number of halogens is 1. The highest BCUT2D eigenvalue weighted by atomic mass is 19.1. The van der Waals surface area contributed by atoms with Gasteiger partial charge in [-0.2, -0.15) is 10.4 Å². The van der Waals surface area contributed by atoms with Gasteiger partial charge in [0.15, 0.2) is 11.4 Å². The smallest absolute Gasteiger partial charge is 0.274 e. The van der Waals surface area contributed by atoms with E-state index in [-0.39, 0.29) is 23.2 Å². The topological polar surface area (TPSA) is 119 Å². The zero-order chi connectivity index (χ0) is 26.9. The number of nitriles is 1. The van der Waals surface area contributed by atoms with Gasteiger partial charge in [0.1, 0.15) is 25.1 Å². The van der Waals surface area contributed by atoms with Gasteiger partial charge in [-0.3, -0.25) is 4.79 Å². The number of amides is 1. The molecule has 1 amide bonds. The fraction of sp³-hybridized carbons (Fsp3) is 0.241. The van der Waals surface area contributed by atoms with E-state index in [1.807, 2.05) is 36.4 Å². The summed E-state index contributed by atoms with van der Waals surface area (Å²) >= 11 is 0. The van der Waals surface area contributed by atoms with Gasteiger partial charge in [0.05, 0.1) is 16.9 Å². The highest BCUT2D eigenvalue weighted by Crippen LogP contribution is 2.33. The SMILES string of the molecule is N#Cc1ccc(-c2cc(C(=O)N3CCC[C@@H](N)C3)nn2-c2ccc(-c3cnc4c(c3)OCCO4)cc2)cc1F. The molecule has 0 spiro atoms. The van der Waals surface area contributed by atoms with Crippen molar-refractivity contribution in [2.45, 2.75) is 18.9 Å². The predicted octanol–water partition coefficient (Wildman–Crippen LogP) is 3.95. The quantitative estimate of drug-likeness (QED) is 0.429. The van der Waals surface area contributed by atoms with Crippen molar-refractivity contribution in [3.8, 4) is 45.8 Å². The third-order valence-electron chi connectivity index (χ3n) is 6.90. The molecule has 0 aliphatic carbocycles. The Balaban J connectivity index is 1.38. The lowest BCUT2D eigenvalue weighted by Gasteiger charge is -2.30. The molecule has 0 saturated carbocycles. The van der Waals surface area contributed by atoms with Gasteiger partial charge in [-0.05, 0) is 54.8 Å². The number of likely N-dealkylation sites (tertiary alicyclic amines) is 1. The van der Waals surface area contributed by atoms with Gasteiger partial charge in [-0.1, -0.05) is 18.2 Å². The molecular weight excluding hydrogens is 499 g/mol. The molecule has 0 bridgehead atoms. The highest BCUT2D eigenvalue weighted by molar-refractivity contribution is 5.94. The Morgan fingerprint density at radius 2 is 1.85 bits per heavy atom. The Kier molecular flexibility index (Phi) is 6.42. The number of pyridine rings is 1. The average molecular weight is 525 g/mol. The molecule has 2 N–H and O–H groups in total. The summed E-state index contributed by atoms with van der Waals surface area (Å²) < 4.78 is 27.3. The number of hydrogen-bond donors (Lipinski definition) is 1. The van der Waals surface area contributed by atoms with E-state index in [2.05, 4.69) is 10.1 Å². The van der Waals surface area contributed by atoms with Crippen LogP contribution in [0.2, 0.25) is 0 Å². The first-order valence-electron chi connectivity index (χ1n) is 12.7. The summed E-state index contributed by atoms with van der Waals surface area (Å²) in [5.74, 6) is 0.210. The van der Waals surface area contributed by atoms with Gasteiger partial charge >= 0.3 is 0 Å². The molecule has 10 heteroatoms. The molecule has 4 heterocycles. The number of aromatic nitrogens is 3. The van der Waals surface area contributed by atoms with E-state index in [1.54, 1.807) is 27.9 Å². The van der Waals surface area contributed by atoms with Crippen molar-refractivity contribution in [1.82, 2.24) is 19.7 Å². The van der Waals surface area contributed by atoms with Gasteiger partial charge in [0.2, 0.25) is 0 Å². The molecule has 2 aliphatic rings. The summed E-state index contributed by atoms with van der Waals surface area (Å²) in [6, 6.07) is 17.2. The second-order valence-corrected chi connectivity index (χ2v) is 9.56. The Bertz CT molecular complexity index is 1590. The minimum Gasteiger partial charge on any atom is -0.484 e. The molecule has 196 valence electrons. The Labute approximate surface area is 224 Å². The fourth-order valence-corrected chi connectivity index (χ4v) is 4.90. The summed E-state index contributed by atoms with van der Waals surface area (Å²) in [5.41, 5.74) is 9.74. The molecule has 2 aliphatic heterocycles. The summed E-state index contributed by atoms with van der Waals surface area (Å²) in [7, 11) is 0. The van der Waals surface area contributed by atoms with E-state index in [0.717, 1.165) is 24.0 Å². The molecule has 6 rings (SSSR count). The summed E-state index contributed by atoms with van der Waals surface area (Å²) in [4.78, 5) is 19.4. The minimum atomic E-state index is -0.640. The van der Waals surface area contributed by atoms with Crippen molar-refractivity contribution in [2.75, 3.05) is 26.3 Å². The molecule has 2 aromatic heterocycles. The molecule has 1 fully saturated rings. The zero-order valence-corrected chi connectivity index (χ0v) is 21.0. The van der Waals surface area contributed by atoms with Crippen molar-refractivity contribution in [2.24, 2.45) is 5.73 Å². The maximum Gasteiger partial charge on any atom is 0.274 e. The fourth-order valence-electron chi connectivity index (χ4n) is 4.90. The van der Waals surface area contributed by atoms with E-state index in [4.69, 9.17) is 20.5 Å². The Morgan fingerprint density at radius 1 is 1.05 bits per heavy atom. The van der Waals surface area contributed by atoms with Gasteiger partial charge in [0, 0.05) is 36.5 Å². The number of benzene rings is 2. The second kappa shape index (κ2) is 10.2. The summed E-state index contributed by atoms with van der Waals surface area (Å²) in [5, 5.41) is 13.8. The lowest BCUT2D eigenvalue weighted by molar-refractivity contribution is 0.0702. The van der Waals surface area contributed by atoms with Crippen molar-refractivity contribution in [3.05, 3.63) is 77.9 Å². The number of nitrogens with zero attached hydrogens (tertiary/aromatic N) is 5. The third kappa shape index (κ3) is 4.80. The minimum absolute atomic E-state index is 0.0548. The van der Waals surface area contributed by atoms with E-state index in [0.29, 0.717) is 54.9 Å². The van der Waals surface area contributed by atoms with Crippen LogP contribution in [0.1, 0.15) is 28.9 Å². The first kappa shape index (κ1) is 24.6. The van der Waals surface area contributed by atoms with Crippen molar-refractivity contribution >= 4 is 5.91 Å². The molecule has 39 heavy (non-hydrogen) atoms. The maximum absolute atomic E-state index is 14.6. The van der Waals surface area contributed by atoms with Gasteiger partial charge in [-0.15, -0.1) is 0 Å². The first-order chi connectivity index (χ1) is 19.0. The number of fused-ring (bicyclic) bond motifs is 1. The third-order valence-corrected chi connectivity index (χ3v) is 6.90. The first-order valence-corrected chi connectivity index (χ1v) is 12.7. The lowest BCUT2D eigenvalue weighted by Crippen LogP contribution is -2.45. The number of piperidine rings is 1. The van der Waals surface area contributed by atoms with Gasteiger partial charge in [0.25, 0.3) is 11.8 Å². The molecule has 2 aromatic carbocycles. The van der Waals surface area contributed by atoms with Crippen LogP contribution in [-0.4, -0.2) is 57.9 Å². The molecule has 0 radical (unpaired) electrons. The van der Waals surface area contributed by atoms with E-state index >= 15 is 0 Å². The van der Waals surface area contributed by atoms with Crippen LogP contribution in [0.5, 0.6) is 11.6 Å². The van der Waals surface area contributed by atoms with Crippen LogP contribution < -0.4 is 15.2 Å². The van der Waals surface area contributed by atoms with E-state index < -0.39 is 5.82 Å². The van der Waals surface area contributed by atoms with Gasteiger partial charge in [-0.25, -0.2) is 14.1 Å². The van der Waals surface area contributed by atoms with Crippen LogP contribution in [0.25, 0.3) is 28.1 Å². The number of carbonyl (C=O) groups is 1. The summed E-state index contributed by atoms with van der Waals surface area (Å²) in [6.07, 6.45) is 3.43. The predicted molar refractivity (Wildman–Crippen MR) is 141 cm³/mol. The zero-order valence-electron chi connectivity index (χ0n) is 21.0. The summed E-state index contributed by atoms with van der Waals surface area (Å²) in [6.45, 7) is 2.02. The average Bonchev–Trinajstić information content (AvgIpc) is 3.42. The monoisotopic (exact) mass is 524 g/mol. The van der Waals surface area contributed by atoms with Crippen LogP contribution in [0, 0.1) is 17.1 Å². The van der Waals surface area contributed by atoms with Crippen molar-refractivity contribution < 1.29 is 18.7 Å². The van der Waals surface area contributed by atoms with Crippen LogP contribution in [-0.2, 0) is 0 Å². The second-order valence-electron chi connectivity index (χ2n) is 9.56. The number of ether oxygens (including phenoxy) is 2. The van der Waals surface area contributed by atoms with Crippen molar-refractivity contribution in [3.63, 3.8) is 0 Å².